The van der Waals surface area contributed by atoms with Crippen molar-refractivity contribution in [2.75, 3.05) is 37.7 Å². The molecule has 0 bridgehead atoms. The third-order valence-electron chi connectivity index (χ3n) is 4.24. The molecule has 0 aliphatic carbocycles. The minimum Gasteiger partial charge on any atom is -0.313 e. The van der Waals surface area contributed by atoms with Crippen LogP contribution in [0.5, 0.6) is 0 Å². The molecule has 2 atom stereocenters. The van der Waals surface area contributed by atoms with Crippen molar-refractivity contribution in [3.8, 4) is 0 Å². The van der Waals surface area contributed by atoms with Gasteiger partial charge in [-0.2, -0.15) is 0 Å². The SMILES string of the molecule is CC(CNC1CCCS(=O)(=O)C1)CN1CCCCC1. The van der Waals surface area contributed by atoms with Crippen LogP contribution in [0.15, 0.2) is 0 Å². The lowest BCUT2D eigenvalue weighted by Gasteiger charge is -2.30. The van der Waals surface area contributed by atoms with Crippen LogP contribution in [0.2, 0.25) is 0 Å². The normalized spacial score (nSPS) is 30.1. The van der Waals surface area contributed by atoms with E-state index in [9.17, 15) is 8.42 Å². The quantitative estimate of drug-likeness (QED) is 0.828. The molecule has 0 saturated carbocycles. The van der Waals surface area contributed by atoms with Gasteiger partial charge in [0.1, 0.15) is 0 Å². The van der Waals surface area contributed by atoms with Gasteiger partial charge in [0.15, 0.2) is 9.84 Å². The molecule has 19 heavy (non-hydrogen) atoms. The number of hydrogen-bond acceptors (Lipinski definition) is 4. The maximum Gasteiger partial charge on any atom is 0.151 e. The molecule has 2 aliphatic rings. The fourth-order valence-corrected chi connectivity index (χ4v) is 4.87. The van der Waals surface area contributed by atoms with Crippen molar-refractivity contribution in [3.05, 3.63) is 0 Å². The van der Waals surface area contributed by atoms with E-state index in [1.807, 2.05) is 0 Å². The number of nitrogens with zero attached hydrogens (tertiary/aromatic N) is 1. The fraction of sp³-hybridized carbons (Fsp3) is 1.00. The molecule has 0 radical (unpaired) electrons. The molecule has 0 aromatic heterocycles. The first-order valence-corrected chi connectivity index (χ1v) is 9.53. The van der Waals surface area contributed by atoms with Crippen molar-refractivity contribution < 1.29 is 8.42 Å². The van der Waals surface area contributed by atoms with Gasteiger partial charge in [0.05, 0.1) is 11.5 Å². The average molecular weight is 288 g/mol. The molecule has 2 heterocycles. The molecular formula is C14H28N2O2S. The maximum absolute atomic E-state index is 11.6. The number of hydrogen-bond donors (Lipinski definition) is 1. The van der Waals surface area contributed by atoms with E-state index in [4.69, 9.17) is 0 Å². The third kappa shape index (κ3) is 5.40. The molecule has 2 fully saturated rings. The molecular weight excluding hydrogens is 260 g/mol. The second-order valence-electron chi connectivity index (χ2n) is 6.33. The zero-order valence-electron chi connectivity index (χ0n) is 12.1. The number of sulfone groups is 1. The Morgan fingerprint density at radius 1 is 1.21 bits per heavy atom. The topological polar surface area (TPSA) is 49.4 Å². The molecule has 2 rings (SSSR count). The smallest absolute Gasteiger partial charge is 0.151 e. The van der Waals surface area contributed by atoms with Gasteiger partial charge < -0.3 is 10.2 Å². The Kier molecular flexibility index (Phi) is 5.66. The Morgan fingerprint density at radius 3 is 2.63 bits per heavy atom. The number of likely N-dealkylation sites (tertiary alicyclic amines) is 1. The van der Waals surface area contributed by atoms with E-state index < -0.39 is 9.84 Å². The van der Waals surface area contributed by atoms with Crippen molar-refractivity contribution in [3.63, 3.8) is 0 Å². The first kappa shape index (κ1) is 15.3. The highest BCUT2D eigenvalue weighted by atomic mass is 32.2. The van der Waals surface area contributed by atoms with E-state index in [1.54, 1.807) is 0 Å². The first-order valence-electron chi connectivity index (χ1n) is 7.71. The van der Waals surface area contributed by atoms with E-state index in [-0.39, 0.29) is 6.04 Å². The summed E-state index contributed by atoms with van der Waals surface area (Å²) in [5.41, 5.74) is 0. The largest absolute Gasteiger partial charge is 0.313 e. The summed E-state index contributed by atoms with van der Waals surface area (Å²) in [5, 5.41) is 3.46. The van der Waals surface area contributed by atoms with E-state index in [1.165, 1.54) is 32.4 Å². The van der Waals surface area contributed by atoms with Crippen LogP contribution >= 0.6 is 0 Å². The lowest BCUT2D eigenvalue weighted by Crippen LogP contribution is -2.44. The van der Waals surface area contributed by atoms with Gasteiger partial charge in [0, 0.05) is 12.6 Å². The molecule has 2 saturated heterocycles. The molecule has 2 aliphatic heterocycles. The molecule has 5 heteroatoms. The van der Waals surface area contributed by atoms with Gasteiger partial charge in [0.25, 0.3) is 0 Å². The van der Waals surface area contributed by atoms with Gasteiger partial charge in [-0.15, -0.1) is 0 Å². The van der Waals surface area contributed by atoms with Crippen LogP contribution in [0.3, 0.4) is 0 Å². The van der Waals surface area contributed by atoms with Gasteiger partial charge in [0.2, 0.25) is 0 Å². The Hall–Kier alpha value is -0.130. The average Bonchev–Trinajstić information content (AvgIpc) is 2.36. The predicted octanol–water partition coefficient (Wildman–Crippen LogP) is 1.28. The van der Waals surface area contributed by atoms with Gasteiger partial charge in [-0.3, -0.25) is 0 Å². The Bertz CT molecular complexity index is 364. The minimum absolute atomic E-state index is 0.183. The third-order valence-corrected chi connectivity index (χ3v) is 6.06. The van der Waals surface area contributed by atoms with E-state index in [2.05, 4.69) is 17.1 Å². The fourth-order valence-electron chi connectivity index (χ4n) is 3.20. The molecule has 0 aromatic rings. The summed E-state index contributed by atoms with van der Waals surface area (Å²) in [6, 6.07) is 0.183. The molecule has 2 unspecified atom stereocenters. The monoisotopic (exact) mass is 288 g/mol. The van der Waals surface area contributed by atoms with E-state index in [0.29, 0.717) is 17.4 Å². The first-order chi connectivity index (χ1) is 9.05. The molecule has 0 aromatic carbocycles. The summed E-state index contributed by atoms with van der Waals surface area (Å²) in [7, 11) is -2.78. The zero-order valence-corrected chi connectivity index (χ0v) is 12.9. The Morgan fingerprint density at radius 2 is 1.95 bits per heavy atom. The lowest BCUT2D eigenvalue weighted by molar-refractivity contribution is 0.197. The van der Waals surface area contributed by atoms with Crippen molar-refractivity contribution in [1.82, 2.24) is 10.2 Å². The summed E-state index contributed by atoms with van der Waals surface area (Å²) in [5.74, 6) is 1.32. The van der Waals surface area contributed by atoms with Crippen LogP contribution in [0.25, 0.3) is 0 Å². The van der Waals surface area contributed by atoms with Crippen LogP contribution in [-0.2, 0) is 9.84 Å². The molecule has 1 N–H and O–H groups in total. The number of nitrogens with one attached hydrogen (secondary N) is 1. The minimum atomic E-state index is -2.78. The second-order valence-corrected chi connectivity index (χ2v) is 8.56. The number of rotatable bonds is 5. The summed E-state index contributed by atoms with van der Waals surface area (Å²) in [6.07, 6.45) is 5.88. The van der Waals surface area contributed by atoms with Gasteiger partial charge in [-0.25, -0.2) is 8.42 Å². The predicted molar refractivity (Wildman–Crippen MR) is 79.1 cm³/mol. The van der Waals surface area contributed by atoms with Crippen LogP contribution < -0.4 is 5.32 Å². The van der Waals surface area contributed by atoms with Crippen LogP contribution in [-0.4, -0.2) is 57.0 Å². The van der Waals surface area contributed by atoms with Gasteiger partial charge in [-0.1, -0.05) is 13.3 Å². The molecule has 4 nitrogen and oxygen atoms in total. The Labute approximate surface area is 117 Å². The highest BCUT2D eigenvalue weighted by Crippen LogP contribution is 2.13. The van der Waals surface area contributed by atoms with Crippen LogP contribution in [0.4, 0.5) is 0 Å². The second kappa shape index (κ2) is 7.04. The van der Waals surface area contributed by atoms with Gasteiger partial charge >= 0.3 is 0 Å². The van der Waals surface area contributed by atoms with Crippen molar-refractivity contribution in [1.29, 1.82) is 0 Å². The van der Waals surface area contributed by atoms with Crippen molar-refractivity contribution in [2.45, 2.75) is 45.1 Å². The zero-order chi connectivity index (χ0) is 13.7. The Balaban J connectivity index is 1.66. The van der Waals surface area contributed by atoms with Crippen molar-refractivity contribution >= 4 is 9.84 Å². The lowest BCUT2D eigenvalue weighted by atomic mass is 10.1. The van der Waals surface area contributed by atoms with E-state index >= 15 is 0 Å². The van der Waals surface area contributed by atoms with Crippen LogP contribution in [0.1, 0.15) is 39.0 Å². The molecule has 0 amide bonds. The highest BCUT2D eigenvalue weighted by molar-refractivity contribution is 7.91. The standard InChI is InChI=1S/C14H28N2O2S/c1-13(11-16-7-3-2-4-8-16)10-15-14-6-5-9-19(17,18)12-14/h13-15H,2-12H2,1H3. The summed E-state index contributed by atoms with van der Waals surface area (Å²) < 4.78 is 23.1. The highest BCUT2D eigenvalue weighted by Gasteiger charge is 2.24. The number of piperidine rings is 1. The van der Waals surface area contributed by atoms with Crippen molar-refractivity contribution in [2.24, 2.45) is 5.92 Å². The van der Waals surface area contributed by atoms with Crippen LogP contribution in [0, 0.1) is 5.92 Å². The summed E-state index contributed by atoms with van der Waals surface area (Å²) >= 11 is 0. The summed E-state index contributed by atoms with van der Waals surface area (Å²) in [6.45, 7) is 6.83. The molecule has 112 valence electrons. The maximum atomic E-state index is 11.6. The molecule has 0 spiro atoms. The summed E-state index contributed by atoms with van der Waals surface area (Å²) in [4.78, 5) is 2.55. The van der Waals surface area contributed by atoms with Gasteiger partial charge in [-0.05, 0) is 51.2 Å². The van der Waals surface area contributed by atoms with E-state index in [0.717, 1.165) is 25.9 Å².